The second kappa shape index (κ2) is 4.63. The molecule has 0 atom stereocenters. The number of carbonyl (C=O) groups excluding carboxylic acids is 1. The van der Waals surface area contributed by atoms with Gasteiger partial charge in [-0.2, -0.15) is 0 Å². The Balaban J connectivity index is 2.72. The van der Waals surface area contributed by atoms with Crippen LogP contribution in [0.5, 0.6) is 0 Å². The number of rotatable bonds is 2. The summed E-state index contributed by atoms with van der Waals surface area (Å²) < 4.78 is 0. The Morgan fingerprint density at radius 3 is 2.92 bits per heavy atom. The number of aromatic nitrogens is 1. The van der Waals surface area contributed by atoms with Crippen molar-refractivity contribution >= 4 is 28.5 Å². The van der Waals surface area contributed by atoms with Crippen LogP contribution in [-0.4, -0.2) is 10.1 Å². The summed E-state index contributed by atoms with van der Waals surface area (Å²) in [6, 6.07) is 1.80. The molecule has 0 saturated carbocycles. The van der Waals surface area contributed by atoms with E-state index in [0.717, 1.165) is 11.1 Å². The van der Waals surface area contributed by atoms with Gasteiger partial charge in [-0.15, -0.1) is 0 Å². The molecule has 0 aliphatic carbocycles. The first-order valence-electron chi connectivity index (χ1n) is 3.84. The quantitative estimate of drug-likeness (QED) is 0.711. The van der Waals surface area contributed by atoms with E-state index in [1.54, 1.807) is 19.2 Å². The van der Waals surface area contributed by atoms with Crippen LogP contribution in [0.15, 0.2) is 12.3 Å². The van der Waals surface area contributed by atoms with E-state index in [1.807, 2.05) is 6.92 Å². The SMILES string of the molecule is CC(=O)SCc1cnc(Cl)cc1C. The number of pyridine rings is 1. The lowest BCUT2D eigenvalue weighted by Crippen LogP contribution is -1.91. The van der Waals surface area contributed by atoms with Gasteiger partial charge in [-0.1, -0.05) is 23.4 Å². The summed E-state index contributed by atoms with van der Waals surface area (Å²) in [5.41, 5.74) is 2.14. The van der Waals surface area contributed by atoms with Gasteiger partial charge >= 0.3 is 0 Å². The van der Waals surface area contributed by atoms with Crippen LogP contribution < -0.4 is 0 Å². The summed E-state index contributed by atoms with van der Waals surface area (Å²) in [4.78, 5) is 14.7. The van der Waals surface area contributed by atoms with Gasteiger partial charge in [0.25, 0.3) is 0 Å². The number of nitrogens with zero attached hydrogens (tertiary/aromatic N) is 1. The van der Waals surface area contributed by atoms with Gasteiger partial charge in [0.2, 0.25) is 0 Å². The summed E-state index contributed by atoms with van der Waals surface area (Å²) in [6.45, 7) is 3.52. The Morgan fingerprint density at radius 1 is 1.69 bits per heavy atom. The number of aryl methyl sites for hydroxylation is 1. The first-order chi connectivity index (χ1) is 6.09. The fourth-order valence-electron chi connectivity index (χ4n) is 0.881. The maximum atomic E-state index is 10.7. The molecule has 0 unspecified atom stereocenters. The van der Waals surface area contributed by atoms with Crippen LogP contribution in [-0.2, 0) is 10.5 Å². The smallest absolute Gasteiger partial charge is 0.186 e. The van der Waals surface area contributed by atoms with Crippen molar-refractivity contribution in [3.63, 3.8) is 0 Å². The van der Waals surface area contributed by atoms with E-state index in [2.05, 4.69) is 4.98 Å². The van der Waals surface area contributed by atoms with Gasteiger partial charge in [0.15, 0.2) is 5.12 Å². The number of halogens is 1. The van der Waals surface area contributed by atoms with Crippen LogP contribution in [0.4, 0.5) is 0 Å². The maximum Gasteiger partial charge on any atom is 0.186 e. The zero-order valence-corrected chi connectivity index (χ0v) is 9.08. The Kier molecular flexibility index (Phi) is 3.75. The monoisotopic (exact) mass is 215 g/mol. The summed E-state index contributed by atoms with van der Waals surface area (Å²) in [5, 5.41) is 0.614. The molecule has 0 spiro atoms. The highest BCUT2D eigenvalue weighted by Crippen LogP contribution is 2.17. The molecule has 13 heavy (non-hydrogen) atoms. The molecule has 0 amide bonds. The summed E-state index contributed by atoms with van der Waals surface area (Å²) in [6.07, 6.45) is 1.72. The maximum absolute atomic E-state index is 10.7. The molecule has 0 fully saturated rings. The number of hydrogen-bond donors (Lipinski definition) is 0. The fourth-order valence-corrected chi connectivity index (χ4v) is 1.75. The molecule has 0 radical (unpaired) electrons. The molecular weight excluding hydrogens is 206 g/mol. The van der Waals surface area contributed by atoms with Gasteiger partial charge in [-0.3, -0.25) is 4.79 Å². The minimum Gasteiger partial charge on any atom is -0.288 e. The predicted octanol–water partition coefficient (Wildman–Crippen LogP) is 2.82. The normalized spacial score (nSPS) is 10.1. The van der Waals surface area contributed by atoms with E-state index in [-0.39, 0.29) is 5.12 Å². The van der Waals surface area contributed by atoms with Crippen LogP contribution in [0, 0.1) is 6.92 Å². The van der Waals surface area contributed by atoms with E-state index in [0.29, 0.717) is 10.9 Å². The third-order valence-corrected chi connectivity index (χ3v) is 2.69. The Bertz CT molecular complexity index is 327. The van der Waals surface area contributed by atoms with E-state index in [1.165, 1.54) is 11.8 Å². The van der Waals surface area contributed by atoms with Gasteiger partial charge in [0.05, 0.1) is 0 Å². The molecule has 70 valence electrons. The molecule has 0 aromatic carbocycles. The van der Waals surface area contributed by atoms with Gasteiger partial charge < -0.3 is 0 Å². The van der Waals surface area contributed by atoms with Crippen molar-refractivity contribution in [2.75, 3.05) is 0 Å². The van der Waals surface area contributed by atoms with Gasteiger partial charge in [0.1, 0.15) is 5.15 Å². The van der Waals surface area contributed by atoms with Crippen molar-refractivity contribution in [3.8, 4) is 0 Å². The Hall–Kier alpha value is -0.540. The lowest BCUT2D eigenvalue weighted by atomic mass is 10.2. The molecule has 0 aliphatic heterocycles. The van der Waals surface area contributed by atoms with Crippen LogP contribution in [0.3, 0.4) is 0 Å². The van der Waals surface area contributed by atoms with Crippen molar-refractivity contribution < 1.29 is 4.79 Å². The minimum absolute atomic E-state index is 0.120. The van der Waals surface area contributed by atoms with Crippen LogP contribution in [0.25, 0.3) is 0 Å². The number of thioether (sulfide) groups is 1. The Morgan fingerprint density at radius 2 is 2.38 bits per heavy atom. The fraction of sp³-hybridized carbons (Fsp3) is 0.333. The zero-order chi connectivity index (χ0) is 9.84. The van der Waals surface area contributed by atoms with E-state index in [9.17, 15) is 4.79 Å². The highest BCUT2D eigenvalue weighted by Gasteiger charge is 2.02. The van der Waals surface area contributed by atoms with Crippen molar-refractivity contribution in [2.24, 2.45) is 0 Å². The molecule has 0 bridgehead atoms. The number of hydrogen-bond acceptors (Lipinski definition) is 3. The highest BCUT2D eigenvalue weighted by atomic mass is 35.5. The van der Waals surface area contributed by atoms with Crippen molar-refractivity contribution in [2.45, 2.75) is 19.6 Å². The summed E-state index contributed by atoms with van der Waals surface area (Å²) >= 11 is 6.98. The third-order valence-electron chi connectivity index (χ3n) is 1.62. The standard InChI is InChI=1S/C9H10ClNOS/c1-6-3-9(10)11-4-8(6)5-13-7(2)12/h3-4H,5H2,1-2H3. The molecule has 1 aromatic heterocycles. The first-order valence-corrected chi connectivity index (χ1v) is 5.20. The molecule has 0 saturated heterocycles. The predicted molar refractivity (Wildman–Crippen MR) is 56.0 cm³/mol. The van der Waals surface area contributed by atoms with Crippen molar-refractivity contribution in [1.82, 2.24) is 4.98 Å². The average Bonchev–Trinajstić information content (AvgIpc) is 2.02. The van der Waals surface area contributed by atoms with Gasteiger partial charge in [0, 0.05) is 18.9 Å². The highest BCUT2D eigenvalue weighted by molar-refractivity contribution is 8.12. The average molecular weight is 216 g/mol. The van der Waals surface area contributed by atoms with Gasteiger partial charge in [-0.05, 0) is 24.1 Å². The molecule has 0 N–H and O–H groups in total. The summed E-state index contributed by atoms with van der Waals surface area (Å²) in [5.74, 6) is 0.672. The zero-order valence-electron chi connectivity index (χ0n) is 7.50. The lowest BCUT2D eigenvalue weighted by Gasteiger charge is -2.02. The first kappa shape index (κ1) is 10.5. The molecule has 0 aliphatic rings. The van der Waals surface area contributed by atoms with Gasteiger partial charge in [-0.25, -0.2) is 4.98 Å². The molecular formula is C9H10ClNOS. The molecule has 2 nitrogen and oxygen atoms in total. The second-order valence-electron chi connectivity index (χ2n) is 2.71. The lowest BCUT2D eigenvalue weighted by molar-refractivity contribution is -0.109. The minimum atomic E-state index is 0.120. The van der Waals surface area contributed by atoms with E-state index in [4.69, 9.17) is 11.6 Å². The van der Waals surface area contributed by atoms with E-state index >= 15 is 0 Å². The molecule has 1 heterocycles. The molecule has 1 rings (SSSR count). The van der Waals surface area contributed by atoms with Crippen LogP contribution >= 0.6 is 23.4 Å². The third kappa shape index (κ3) is 3.36. The topological polar surface area (TPSA) is 30.0 Å². The number of carbonyl (C=O) groups is 1. The van der Waals surface area contributed by atoms with E-state index < -0.39 is 0 Å². The van der Waals surface area contributed by atoms with Crippen LogP contribution in [0.1, 0.15) is 18.1 Å². The van der Waals surface area contributed by atoms with Crippen LogP contribution in [0.2, 0.25) is 5.15 Å². The largest absolute Gasteiger partial charge is 0.288 e. The van der Waals surface area contributed by atoms with Crippen molar-refractivity contribution in [1.29, 1.82) is 0 Å². The molecule has 4 heteroatoms. The summed E-state index contributed by atoms with van der Waals surface area (Å²) in [7, 11) is 0. The second-order valence-corrected chi connectivity index (χ2v) is 4.25. The Labute approximate surface area is 86.7 Å². The van der Waals surface area contributed by atoms with Crippen molar-refractivity contribution in [3.05, 3.63) is 28.5 Å². The molecule has 1 aromatic rings.